The van der Waals surface area contributed by atoms with E-state index in [4.69, 9.17) is 0 Å². The number of hydrogen-bond acceptors (Lipinski definition) is 4. The number of aromatic hydroxyl groups is 1. The van der Waals surface area contributed by atoms with Crippen molar-refractivity contribution in [1.82, 2.24) is 14.5 Å². The fraction of sp³-hybridized carbons (Fsp3) is 0.688. The molecule has 0 saturated heterocycles. The van der Waals surface area contributed by atoms with Crippen molar-refractivity contribution in [2.24, 2.45) is 5.92 Å². The second-order valence-electron chi connectivity index (χ2n) is 6.73. The van der Waals surface area contributed by atoms with Crippen LogP contribution in [0, 0.1) is 5.92 Å². The zero-order chi connectivity index (χ0) is 16.0. The lowest BCUT2D eigenvalue weighted by Gasteiger charge is -2.35. The van der Waals surface area contributed by atoms with Gasteiger partial charge in [-0.15, -0.1) is 0 Å². The maximum absolute atomic E-state index is 12.7. The summed E-state index contributed by atoms with van der Waals surface area (Å²) in [5.74, 6) is 0.547. The molecule has 6 nitrogen and oxygen atoms in total. The second-order valence-corrected chi connectivity index (χ2v) is 6.73. The van der Waals surface area contributed by atoms with Crippen molar-refractivity contribution < 1.29 is 9.90 Å². The molecular weight excluding hydrogens is 282 g/mol. The van der Waals surface area contributed by atoms with E-state index in [1.54, 1.807) is 9.47 Å². The predicted octanol–water partition coefficient (Wildman–Crippen LogP) is 1.72. The molecule has 2 aliphatic rings. The summed E-state index contributed by atoms with van der Waals surface area (Å²) in [6.07, 6.45) is 3.21. The van der Waals surface area contributed by atoms with Gasteiger partial charge in [0, 0.05) is 25.0 Å². The van der Waals surface area contributed by atoms with Gasteiger partial charge in [-0.2, -0.15) is 4.98 Å². The molecule has 1 aliphatic heterocycles. The van der Waals surface area contributed by atoms with Crippen LogP contribution < -0.4 is 5.56 Å². The van der Waals surface area contributed by atoms with Crippen LogP contribution in [-0.4, -0.2) is 38.1 Å². The smallest absolute Gasteiger partial charge is 0.315 e. The van der Waals surface area contributed by atoms with Crippen LogP contribution in [0.1, 0.15) is 62.3 Å². The van der Waals surface area contributed by atoms with Crippen molar-refractivity contribution >= 4 is 5.91 Å². The van der Waals surface area contributed by atoms with Gasteiger partial charge in [-0.1, -0.05) is 13.3 Å². The number of rotatable bonds is 2. The van der Waals surface area contributed by atoms with Crippen LogP contribution in [0.2, 0.25) is 0 Å². The summed E-state index contributed by atoms with van der Waals surface area (Å²) in [7, 11) is 0. The molecule has 0 spiro atoms. The highest BCUT2D eigenvalue weighted by molar-refractivity contribution is 5.95. The van der Waals surface area contributed by atoms with Crippen LogP contribution in [0.4, 0.5) is 0 Å². The van der Waals surface area contributed by atoms with Crippen LogP contribution in [0.25, 0.3) is 0 Å². The van der Waals surface area contributed by atoms with Crippen molar-refractivity contribution in [1.29, 1.82) is 0 Å². The molecule has 2 unspecified atom stereocenters. The molecule has 1 saturated carbocycles. The fourth-order valence-electron chi connectivity index (χ4n) is 3.75. The van der Waals surface area contributed by atoms with E-state index in [1.807, 2.05) is 13.8 Å². The normalized spacial score (nSPS) is 24.9. The summed E-state index contributed by atoms with van der Waals surface area (Å²) >= 11 is 0. The van der Waals surface area contributed by atoms with Gasteiger partial charge in [-0.3, -0.25) is 9.59 Å². The number of amides is 1. The van der Waals surface area contributed by atoms with Gasteiger partial charge >= 0.3 is 5.56 Å². The molecule has 1 aromatic heterocycles. The maximum atomic E-state index is 12.7. The Labute approximate surface area is 129 Å². The van der Waals surface area contributed by atoms with E-state index in [2.05, 4.69) is 11.9 Å². The van der Waals surface area contributed by atoms with Crippen molar-refractivity contribution in [3.8, 4) is 5.75 Å². The summed E-state index contributed by atoms with van der Waals surface area (Å²) in [5, 5.41) is 10.1. The number of hydrogen-bond donors (Lipinski definition) is 1. The average molecular weight is 305 g/mol. The van der Waals surface area contributed by atoms with E-state index in [9.17, 15) is 14.7 Å². The van der Waals surface area contributed by atoms with Crippen LogP contribution in [0.15, 0.2) is 4.79 Å². The minimum absolute atomic E-state index is 0.0396. The fourth-order valence-corrected chi connectivity index (χ4v) is 3.75. The first-order valence-electron chi connectivity index (χ1n) is 8.06. The number of carbonyl (C=O) groups is 1. The Bertz CT molecular complexity index is 665. The van der Waals surface area contributed by atoms with Gasteiger partial charge in [0.15, 0.2) is 5.69 Å². The first-order valence-corrected chi connectivity index (χ1v) is 8.06. The average Bonchev–Trinajstić information content (AvgIpc) is 2.88. The summed E-state index contributed by atoms with van der Waals surface area (Å²) in [6.45, 7) is 7.20. The first kappa shape index (κ1) is 15.1. The molecule has 120 valence electrons. The van der Waals surface area contributed by atoms with Gasteiger partial charge in [0.25, 0.3) is 5.91 Å². The van der Waals surface area contributed by atoms with Gasteiger partial charge < -0.3 is 14.6 Å². The number of carbonyl (C=O) groups excluding carboxylic acids is 1. The van der Waals surface area contributed by atoms with Crippen molar-refractivity contribution in [2.45, 2.75) is 58.5 Å². The zero-order valence-electron chi connectivity index (χ0n) is 13.4. The lowest BCUT2D eigenvalue weighted by molar-refractivity contribution is 0.0636. The van der Waals surface area contributed by atoms with E-state index in [-0.39, 0.29) is 23.6 Å². The van der Waals surface area contributed by atoms with Crippen LogP contribution in [0.3, 0.4) is 0 Å². The minimum Gasteiger partial charge on any atom is -0.501 e. The highest BCUT2D eigenvalue weighted by atomic mass is 16.3. The van der Waals surface area contributed by atoms with Crippen molar-refractivity contribution in [3.63, 3.8) is 0 Å². The molecule has 2 atom stereocenters. The van der Waals surface area contributed by atoms with Crippen molar-refractivity contribution in [3.05, 3.63) is 21.9 Å². The lowest BCUT2D eigenvalue weighted by atomic mass is 9.96. The summed E-state index contributed by atoms with van der Waals surface area (Å²) < 4.78 is 1.78. The second kappa shape index (κ2) is 5.41. The Balaban J connectivity index is 2.15. The Kier molecular flexibility index (Phi) is 3.70. The molecule has 1 aliphatic carbocycles. The van der Waals surface area contributed by atoms with E-state index in [0.29, 0.717) is 24.8 Å². The molecule has 1 fully saturated rings. The highest BCUT2D eigenvalue weighted by Crippen LogP contribution is 2.39. The highest BCUT2D eigenvalue weighted by Gasteiger charge is 2.36. The molecule has 22 heavy (non-hydrogen) atoms. The Morgan fingerprint density at radius 2 is 1.95 bits per heavy atom. The predicted molar refractivity (Wildman–Crippen MR) is 82.1 cm³/mol. The third kappa shape index (κ3) is 2.21. The van der Waals surface area contributed by atoms with Gasteiger partial charge in [0.05, 0.1) is 0 Å². The van der Waals surface area contributed by atoms with Crippen LogP contribution >= 0.6 is 0 Å². The molecule has 1 aromatic rings. The zero-order valence-corrected chi connectivity index (χ0v) is 13.4. The first-order chi connectivity index (χ1) is 10.4. The summed E-state index contributed by atoms with van der Waals surface area (Å²) in [5.41, 5.74) is -0.562. The molecule has 6 heteroatoms. The lowest BCUT2D eigenvalue weighted by Crippen LogP contribution is -2.46. The van der Waals surface area contributed by atoms with E-state index < -0.39 is 11.3 Å². The third-order valence-corrected chi connectivity index (χ3v) is 5.03. The molecule has 0 aromatic carbocycles. The van der Waals surface area contributed by atoms with Gasteiger partial charge in [0.1, 0.15) is 5.82 Å². The number of aromatic nitrogens is 2. The molecule has 0 radical (unpaired) electrons. The largest absolute Gasteiger partial charge is 0.501 e. The van der Waals surface area contributed by atoms with E-state index in [1.165, 1.54) is 0 Å². The Hall–Kier alpha value is -1.85. The van der Waals surface area contributed by atoms with E-state index in [0.717, 1.165) is 19.3 Å². The molecule has 0 bridgehead atoms. The molecular formula is C16H23N3O3. The molecule has 1 N–H and O–H groups in total. The molecule has 1 amide bonds. The van der Waals surface area contributed by atoms with Gasteiger partial charge in [0.2, 0.25) is 5.75 Å². The SMILES string of the molecule is CC1CCCC1c1nc(=O)c(O)c2n1CCN(C(C)C)C2=O. The maximum Gasteiger partial charge on any atom is 0.315 e. The third-order valence-electron chi connectivity index (χ3n) is 5.03. The van der Waals surface area contributed by atoms with Gasteiger partial charge in [-0.05, 0) is 32.6 Å². The quantitative estimate of drug-likeness (QED) is 0.902. The summed E-state index contributed by atoms with van der Waals surface area (Å²) in [6, 6.07) is 0.0396. The van der Waals surface area contributed by atoms with Crippen molar-refractivity contribution in [2.75, 3.05) is 6.54 Å². The minimum atomic E-state index is -0.681. The monoisotopic (exact) mass is 305 g/mol. The Morgan fingerprint density at radius 3 is 2.55 bits per heavy atom. The van der Waals surface area contributed by atoms with Crippen LogP contribution in [0.5, 0.6) is 5.75 Å². The van der Waals surface area contributed by atoms with Crippen LogP contribution in [-0.2, 0) is 6.54 Å². The summed E-state index contributed by atoms with van der Waals surface area (Å²) in [4.78, 5) is 30.5. The molecule has 3 rings (SSSR count). The topological polar surface area (TPSA) is 75.4 Å². The standard InChI is InChI=1S/C16H23N3O3/c1-9(2)18-7-8-19-12(16(18)22)13(20)15(21)17-14(19)11-6-4-5-10(11)3/h9-11,20H,4-8H2,1-3H3. The number of fused-ring (bicyclic) bond motifs is 1. The van der Waals surface area contributed by atoms with E-state index >= 15 is 0 Å². The Morgan fingerprint density at radius 1 is 1.23 bits per heavy atom. The van der Waals surface area contributed by atoms with Gasteiger partial charge in [-0.25, -0.2) is 0 Å². The molecule has 2 heterocycles. The number of nitrogens with zero attached hydrogens (tertiary/aromatic N) is 3.